The van der Waals surface area contributed by atoms with E-state index < -0.39 is 0 Å². The zero-order chi connectivity index (χ0) is 13.0. The Morgan fingerprint density at radius 3 is 2.72 bits per heavy atom. The zero-order valence-electron chi connectivity index (χ0n) is 11.9. The molecule has 1 aliphatic heterocycles. The van der Waals surface area contributed by atoms with Crippen LogP contribution in [0.15, 0.2) is 6.20 Å². The third kappa shape index (κ3) is 3.56. The molecule has 1 saturated heterocycles. The second kappa shape index (κ2) is 6.34. The van der Waals surface area contributed by atoms with Gasteiger partial charge in [0.2, 0.25) is 0 Å². The molecule has 2 rings (SSSR count). The first-order chi connectivity index (χ1) is 8.69. The maximum atomic E-state index is 4.47. The van der Waals surface area contributed by atoms with Crippen molar-refractivity contribution in [3.05, 3.63) is 17.5 Å². The lowest BCUT2D eigenvalue weighted by Crippen LogP contribution is -2.34. The molecule has 0 spiro atoms. The highest BCUT2D eigenvalue weighted by molar-refractivity contribution is 5.16. The zero-order valence-corrected chi connectivity index (χ0v) is 11.9. The fourth-order valence-electron chi connectivity index (χ4n) is 2.71. The van der Waals surface area contributed by atoms with Gasteiger partial charge in [0.05, 0.1) is 5.69 Å². The second-order valence-corrected chi connectivity index (χ2v) is 5.51. The second-order valence-electron chi connectivity index (χ2n) is 5.51. The first-order valence-electron chi connectivity index (χ1n) is 7.09. The smallest absolute Gasteiger partial charge is 0.0666 e. The lowest BCUT2D eigenvalue weighted by Gasteiger charge is -2.29. The molecule has 0 amide bonds. The van der Waals surface area contributed by atoms with Crippen LogP contribution in [0.3, 0.4) is 0 Å². The van der Waals surface area contributed by atoms with Gasteiger partial charge in [-0.25, -0.2) is 0 Å². The van der Waals surface area contributed by atoms with Gasteiger partial charge in [-0.3, -0.25) is 4.68 Å². The number of hydrogen-bond donors (Lipinski definition) is 1. The summed E-state index contributed by atoms with van der Waals surface area (Å²) in [4.78, 5) is 2.42. The monoisotopic (exact) mass is 250 g/mol. The molecule has 102 valence electrons. The van der Waals surface area contributed by atoms with E-state index in [1.807, 2.05) is 11.7 Å². The van der Waals surface area contributed by atoms with Crippen LogP contribution in [-0.2, 0) is 20.0 Å². The minimum Gasteiger partial charge on any atom is -0.312 e. The largest absolute Gasteiger partial charge is 0.312 e. The van der Waals surface area contributed by atoms with Gasteiger partial charge in [0.1, 0.15) is 0 Å². The van der Waals surface area contributed by atoms with E-state index in [0.717, 1.165) is 25.4 Å². The summed E-state index contributed by atoms with van der Waals surface area (Å²) >= 11 is 0. The molecule has 0 aromatic carbocycles. The molecule has 4 nitrogen and oxygen atoms in total. The minimum absolute atomic E-state index is 0.850. The number of piperidine rings is 1. The van der Waals surface area contributed by atoms with Crippen molar-refractivity contribution in [2.45, 2.75) is 32.7 Å². The van der Waals surface area contributed by atoms with Gasteiger partial charge in [-0.2, -0.15) is 5.10 Å². The van der Waals surface area contributed by atoms with E-state index in [4.69, 9.17) is 0 Å². The van der Waals surface area contributed by atoms with Crippen molar-refractivity contribution in [3.8, 4) is 0 Å². The molecule has 1 aromatic heterocycles. The van der Waals surface area contributed by atoms with E-state index in [-0.39, 0.29) is 0 Å². The quantitative estimate of drug-likeness (QED) is 0.858. The summed E-state index contributed by atoms with van der Waals surface area (Å²) in [5.41, 5.74) is 2.58. The third-order valence-electron chi connectivity index (χ3n) is 3.91. The molecular formula is C14H26N4. The van der Waals surface area contributed by atoms with E-state index in [2.05, 4.69) is 35.5 Å². The van der Waals surface area contributed by atoms with E-state index in [9.17, 15) is 0 Å². The number of likely N-dealkylation sites (tertiary alicyclic amines) is 1. The average Bonchev–Trinajstić information content (AvgIpc) is 2.72. The SMILES string of the molecule is CCc1nn(C)cc1CNCC1CCN(C)CC1. The number of aromatic nitrogens is 2. The summed E-state index contributed by atoms with van der Waals surface area (Å²) < 4.78 is 1.92. The van der Waals surface area contributed by atoms with Gasteiger partial charge in [-0.05, 0) is 51.9 Å². The van der Waals surface area contributed by atoms with E-state index in [1.165, 1.54) is 37.2 Å². The maximum absolute atomic E-state index is 4.47. The van der Waals surface area contributed by atoms with Crippen LogP contribution >= 0.6 is 0 Å². The van der Waals surface area contributed by atoms with Crippen molar-refractivity contribution in [2.24, 2.45) is 13.0 Å². The Kier molecular flexibility index (Phi) is 4.78. The minimum atomic E-state index is 0.850. The molecule has 0 unspecified atom stereocenters. The highest BCUT2D eigenvalue weighted by Crippen LogP contribution is 2.15. The topological polar surface area (TPSA) is 33.1 Å². The van der Waals surface area contributed by atoms with Crippen molar-refractivity contribution in [2.75, 3.05) is 26.7 Å². The molecule has 4 heteroatoms. The summed E-state index contributed by atoms with van der Waals surface area (Å²) in [7, 11) is 4.21. The van der Waals surface area contributed by atoms with Crippen molar-refractivity contribution in [1.29, 1.82) is 0 Å². The van der Waals surface area contributed by atoms with E-state index >= 15 is 0 Å². The molecule has 1 N–H and O–H groups in total. The summed E-state index contributed by atoms with van der Waals surface area (Å²) in [6.45, 7) is 6.77. The molecule has 18 heavy (non-hydrogen) atoms. The van der Waals surface area contributed by atoms with Gasteiger partial charge >= 0.3 is 0 Å². The Hall–Kier alpha value is -0.870. The van der Waals surface area contributed by atoms with Gasteiger partial charge in [0.15, 0.2) is 0 Å². The standard InChI is InChI=1S/C14H26N4/c1-4-14-13(11-18(3)16-14)10-15-9-12-5-7-17(2)8-6-12/h11-12,15H,4-10H2,1-3H3. The number of hydrogen-bond acceptors (Lipinski definition) is 3. The van der Waals surface area contributed by atoms with Gasteiger partial charge in [0.25, 0.3) is 0 Å². The summed E-state index contributed by atoms with van der Waals surface area (Å²) in [5.74, 6) is 0.850. The predicted molar refractivity (Wildman–Crippen MR) is 74.5 cm³/mol. The summed E-state index contributed by atoms with van der Waals surface area (Å²) in [5, 5.41) is 8.08. The average molecular weight is 250 g/mol. The molecule has 1 aliphatic rings. The van der Waals surface area contributed by atoms with Crippen molar-refractivity contribution >= 4 is 0 Å². The third-order valence-corrected chi connectivity index (χ3v) is 3.91. The first kappa shape index (κ1) is 13.6. The Bertz CT molecular complexity index is 364. The Morgan fingerprint density at radius 1 is 1.33 bits per heavy atom. The molecule has 0 bridgehead atoms. The van der Waals surface area contributed by atoms with Crippen LogP contribution in [0.1, 0.15) is 31.0 Å². The van der Waals surface area contributed by atoms with Gasteiger partial charge in [-0.1, -0.05) is 6.92 Å². The normalized spacial score (nSPS) is 18.4. The van der Waals surface area contributed by atoms with Crippen LogP contribution in [0.4, 0.5) is 0 Å². The number of nitrogens with one attached hydrogen (secondary N) is 1. The Morgan fingerprint density at radius 2 is 2.06 bits per heavy atom. The molecule has 1 fully saturated rings. The molecular weight excluding hydrogens is 224 g/mol. The highest BCUT2D eigenvalue weighted by Gasteiger charge is 2.16. The van der Waals surface area contributed by atoms with Crippen LogP contribution in [0, 0.1) is 5.92 Å². The van der Waals surface area contributed by atoms with Crippen LogP contribution < -0.4 is 5.32 Å². The first-order valence-corrected chi connectivity index (χ1v) is 7.09. The summed E-state index contributed by atoms with van der Waals surface area (Å²) in [6, 6.07) is 0. The fourth-order valence-corrected chi connectivity index (χ4v) is 2.71. The predicted octanol–water partition coefficient (Wildman–Crippen LogP) is 1.41. The fraction of sp³-hybridized carbons (Fsp3) is 0.786. The Balaban J connectivity index is 1.74. The molecule has 0 aliphatic carbocycles. The van der Waals surface area contributed by atoms with Gasteiger partial charge in [-0.15, -0.1) is 0 Å². The van der Waals surface area contributed by atoms with Crippen molar-refractivity contribution < 1.29 is 0 Å². The molecule has 0 atom stereocenters. The molecule has 0 radical (unpaired) electrons. The lowest BCUT2D eigenvalue weighted by molar-refractivity contribution is 0.216. The van der Waals surface area contributed by atoms with Crippen molar-refractivity contribution in [3.63, 3.8) is 0 Å². The highest BCUT2D eigenvalue weighted by atomic mass is 15.3. The summed E-state index contributed by atoms with van der Waals surface area (Å²) in [6.07, 6.45) is 5.82. The molecule has 2 heterocycles. The number of nitrogens with zero attached hydrogens (tertiary/aromatic N) is 3. The van der Waals surface area contributed by atoms with Crippen LogP contribution in [0.25, 0.3) is 0 Å². The van der Waals surface area contributed by atoms with Crippen LogP contribution in [-0.4, -0.2) is 41.4 Å². The van der Waals surface area contributed by atoms with Gasteiger partial charge in [0, 0.05) is 25.4 Å². The lowest BCUT2D eigenvalue weighted by atomic mass is 9.97. The van der Waals surface area contributed by atoms with Crippen LogP contribution in [0.2, 0.25) is 0 Å². The van der Waals surface area contributed by atoms with E-state index in [0.29, 0.717) is 0 Å². The van der Waals surface area contributed by atoms with E-state index in [1.54, 1.807) is 0 Å². The van der Waals surface area contributed by atoms with Gasteiger partial charge < -0.3 is 10.2 Å². The van der Waals surface area contributed by atoms with Crippen molar-refractivity contribution in [1.82, 2.24) is 20.0 Å². The maximum Gasteiger partial charge on any atom is 0.0666 e. The van der Waals surface area contributed by atoms with Crippen LogP contribution in [0.5, 0.6) is 0 Å². The number of aryl methyl sites for hydroxylation is 2. The Labute approximate surface area is 110 Å². The number of rotatable bonds is 5. The molecule has 1 aromatic rings. The molecule has 0 saturated carbocycles.